The molecule has 138 valence electrons. The summed E-state index contributed by atoms with van der Waals surface area (Å²) in [6.07, 6.45) is 4.35. The molecule has 2 aromatic rings. The van der Waals surface area contributed by atoms with Gasteiger partial charge in [-0.3, -0.25) is 4.79 Å². The maximum atomic E-state index is 13.0. The first-order chi connectivity index (χ1) is 12.6. The number of carbonyl (C=O) groups excluding carboxylic acids is 1. The van der Waals surface area contributed by atoms with Crippen LogP contribution in [0.15, 0.2) is 48.5 Å². The standard InChI is InChI=1S/C22H27FN2O/c23-21-8-5-18(6-9-21)15-19-11-13-25(14-12-19)22(26)10-7-17-1-3-20(16-24)4-2-17/h1-6,8-9,19H,7,10-16,24H2. The molecule has 0 radical (unpaired) electrons. The third-order valence-corrected chi connectivity index (χ3v) is 5.29. The van der Waals surface area contributed by atoms with Gasteiger partial charge in [-0.05, 0) is 60.4 Å². The molecule has 0 aliphatic carbocycles. The number of carbonyl (C=O) groups is 1. The van der Waals surface area contributed by atoms with Gasteiger partial charge >= 0.3 is 0 Å². The quantitative estimate of drug-likeness (QED) is 0.860. The zero-order chi connectivity index (χ0) is 18.4. The third-order valence-electron chi connectivity index (χ3n) is 5.29. The van der Waals surface area contributed by atoms with Gasteiger partial charge in [-0.15, -0.1) is 0 Å². The number of hydrogen-bond donors (Lipinski definition) is 1. The SMILES string of the molecule is NCc1ccc(CCC(=O)N2CCC(Cc3ccc(F)cc3)CC2)cc1. The monoisotopic (exact) mass is 354 g/mol. The van der Waals surface area contributed by atoms with Crippen molar-refractivity contribution in [1.29, 1.82) is 0 Å². The van der Waals surface area contributed by atoms with Gasteiger partial charge in [-0.25, -0.2) is 4.39 Å². The number of piperidine rings is 1. The van der Waals surface area contributed by atoms with Crippen LogP contribution in [0.3, 0.4) is 0 Å². The Kier molecular flexibility index (Phi) is 6.40. The van der Waals surface area contributed by atoms with E-state index in [1.807, 2.05) is 29.2 Å². The van der Waals surface area contributed by atoms with E-state index in [1.165, 1.54) is 23.3 Å². The highest BCUT2D eigenvalue weighted by molar-refractivity contribution is 5.76. The zero-order valence-corrected chi connectivity index (χ0v) is 15.2. The van der Waals surface area contributed by atoms with Gasteiger partial charge in [0.1, 0.15) is 5.82 Å². The minimum Gasteiger partial charge on any atom is -0.343 e. The lowest BCUT2D eigenvalue weighted by Gasteiger charge is -2.32. The summed E-state index contributed by atoms with van der Waals surface area (Å²) >= 11 is 0. The first-order valence-corrected chi connectivity index (χ1v) is 9.44. The molecular weight excluding hydrogens is 327 g/mol. The minimum absolute atomic E-state index is 0.188. The Morgan fingerprint density at radius 3 is 2.15 bits per heavy atom. The van der Waals surface area contributed by atoms with Crippen LogP contribution in [0.1, 0.15) is 36.0 Å². The molecule has 1 aliphatic rings. The van der Waals surface area contributed by atoms with Gasteiger partial charge in [0.05, 0.1) is 0 Å². The van der Waals surface area contributed by atoms with Crippen LogP contribution >= 0.6 is 0 Å². The van der Waals surface area contributed by atoms with Crippen LogP contribution in [-0.2, 0) is 24.2 Å². The smallest absolute Gasteiger partial charge is 0.222 e. The number of likely N-dealkylation sites (tertiary alicyclic amines) is 1. The summed E-state index contributed by atoms with van der Waals surface area (Å²) in [5, 5.41) is 0. The topological polar surface area (TPSA) is 46.3 Å². The van der Waals surface area contributed by atoms with Gasteiger partial charge in [0.25, 0.3) is 0 Å². The summed E-state index contributed by atoms with van der Waals surface area (Å²) in [5.41, 5.74) is 9.08. The molecule has 4 heteroatoms. The number of nitrogens with two attached hydrogens (primary N) is 1. The van der Waals surface area contributed by atoms with Crippen LogP contribution < -0.4 is 5.73 Å². The number of nitrogens with zero attached hydrogens (tertiary/aromatic N) is 1. The second kappa shape index (κ2) is 8.95. The average molecular weight is 354 g/mol. The van der Waals surface area contributed by atoms with Crippen molar-refractivity contribution >= 4 is 5.91 Å². The second-order valence-corrected chi connectivity index (χ2v) is 7.18. The molecular formula is C22H27FN2O. The minimum atomic E-state index is -0.188. The van der Waals surface area contributed by atoms with Crippen LogP contribution in [0.4, 0.5) is 4.39 Å². The summed E-state index contributed by atoms with van der Waals surface area (Å²) in [7, 11) is 0. The molecule has 1 amide bonds. The Morgan fingerprint density at radius 1 is 0.962 bits per heavy atom. The van der Waals surface area contributed by atoms with E-state index in [0.29, 0.717) is 18.9 Å². The molecule has 1 fully saturated rings. The number of aryl methyl sites for hydroxylation is 1. The predicted octanol–water partition coefficient (Wildman–Crippen LogP) is 3.70. The second-order valence-electron chi connectivity index (χ2n) is 7.18. The van der Waals surface area contributed by atoms with Gasteiger partial charge in [-0.1, -0.05) is 36.4 Å². The number of rotatable bonds is 6. The van der Waals surface area contributed by atoms with Crippen molar-refractivity contribution in [2.45, 2.75) is 38.6 Å². The van der Waals surface area contributed by atoms with E-state index in [2.05, 4.69) is 12.1 Å². The van der Waals surface area contributed by atoms with E-state index in [9.17, 15) is 9.18 Å². The molecule has 0 atom stereocenters. The van der Waals surface area contributed by atoms with Crippen molar-refractivity contribution in [3.05, 3.63) is 71.0 Å². The van der Waals surface area contributed by atoms with Crippen LogP contribution in [0.5, 0.6) is 0 Å². The van der Waals surface area contributed by atoms with E-state index in [-0.39, 0.29) is 11.7 Å². The van der Waals surface area contributed by atoms with Crippen molar-refractivity contribution in [2.75, 3.05) is 13.1 Å². The Labute approximate surface area is 155 Å². The molecule has 0 bridgehead atoms. The summed E-state index contributed by atoms with van der Waals surface area (Å²) < 4.78 is 13.0. The molecule has 0 saturated carbocycles. The van der Waals surface area contributed by atoms with Gasteiger partial charge < -0.3 is 10.6 Å². The molecule has 26 heavy (non-hydrogen) atoms. The average Bonchev–Trinajstić information content (AvgIpc) is 2.69. The maximum absolute atomic E-state index is 13.0. The number of hydrogen-bond acceptors (Lipinski definition) is 2. The van der Waals surface area contributed by atoms with Crippen LogP contribution in [0, 0.1) is 11.7 Å². The first kappa shape index (κ1) is 18.6. The summed E-state index contributed by atoms with van der Waals surface area (Å²) in [6.45, 7) is 2.21. The molecule has 1 aliphatic heterocycles. The lowest BCUT2D eigenvalue weighted by Crippen LogP contribution is -2.39. The van der Waals surface area contributed by atoms with Crippen molar-refractivity contribution in [3.63, 3.8) is 0 Å². The van der Waals surface area contributed by atoms with Crippen LogP contribution in [0.2, 0.25) is 0 Å². The first-order valence-electron chi connectivity index (χ1n) is 9.44. The molecule has 0 aromatic heterocycles. The van der Waals surface area contributed by atoms with Crippen molar-refractivity contribution in [2.24, 2.45) is 11.7 Å². The number of halogens is 1. The van der Waals surface area contributed by atoms with Gasteiger partial charge in [0.15, 0.2) is 0 Å². The highest BCUT2D eigenvalue weighted by atomic mass is 19.1. The normalized spacial score (nSPS) is 15.2. The number of benzene rings is 2. The van der Waals surface area contributed by atoms with Crippen molar-refractivity contribution in [1.82, 2.24) is 4.90 Å². The Morgan fingerprint density at radius 2 is 1.54 bits per heavy atom. The van der Waals surface area contributed by atoms with E-state index in [0.717, 1.165) is 44.3 Å². The fraction of sp³-hybridized carbons (Fsp3) is 0.409. The van der Waals surface area contributed by atoms with Crippen molar-refractivity contribution < 1.29 is 9.18 Å². The molecule has 0 unspecified atom stereocenters. The Balaban J connectivity index is 1.42. The largest absolute Gasteiger partial charge is 0.343 e. The van der Waals surface area contributed by atoms with Gasteiger partial charge in [-0.2, -0.15) is 0 Å². The summed E-state index contributed by atoms with van der Waals surface area (Å²) in [5.74, 6) is 0.633. The van der Waals surface area contributed by atoms with Crippen LogP contribution in [-0.4, -0.2) is 23.9 Å². The van der Waals surface area contributed by atoms with E-state index < -0.39 is 0 Å². The highest BCUT2D eigenvalue weighted by Crippen LogP contribution is 2.22. The third kappa shape index (κ3) is 5.15. The molecule has 3 rings (SSSR count). The van der Waals surface area contributed by atoms with E-state index in [1.54, 1.807) is 0 Å². The Hall–Kier alpha value is -2.20. The summed E-state index contributed by atoms with van der Waals surface area (Å²) in [6, 6.07) is 14.9. The molecule has 2 N–H and O–H groups in total. The zero-order valence-electron chi connectivity index (χ0n) is 15.2. The van der Waals surface area contributed by atoms with Crippen LogP contribution in [0.25, 0.3) is 0 Å². The van der Waals surface area contributed by atoms with Crippen molar-refractivity contribution in [3.8, 4) is 0 Å². The maximum Gasteiger partial charge on any atom is 0.222 e. The fourth-order valence-corrected chi connectivity index (χ4v) is 3.59. The molecule has 1 saturated heterocycles. The van der Waals surface area contributed by atoms with E-state index >= 15 is 0 Å². The molecule has 3 nitrogen and oxygen atoms in total. The lowest BCUT2D eigenvalue weighted by molar-refractivity contribution is -0.132. The lowest BCUT2D eigenvalue weighted by atomic mass is 9.90. The molecule has 0 spiro atoms. The molecule has 2 aromatic carbocycles. The van der Waals surface area contributed by atoms with Gasteiger partial charge in [0, 0.05) is 26.1 Å². The highest BCUT2D eigenvalue weighted by Gasteiger charge is 2.22. The summed E-state index contributed by atoms with van der Waals surface area (Å²) in [4.78, 5) is 14.5. The number of amides is 1. The Bertz CT molecular complexity index is 704. The molecule has 1 heterocycles. The van der Waals surface area contributed by atoms with E-state index in [4.69, 9.17) is 5.73 Å². The fourth-order valence-electron chi connectivity index (χ4n) is 3.59. The van der Waals surface area contributed by atoms with Gasteiger partial charge in [0.2, 0.25) is 5.91 Å². The predicted molar refractivity (Wildman–Crippen MR) is 102 cm³/mol.